The van der Waals surface area contributed by atoms with Crippen LogP contribution in [0.15, 0.2) is 41.5 Å². The summed E-state index contributed by atoms with van der Waals surface area (Å²) in [6, 6.07) is 7.82. The van der Waals surface area contributed by atoms with Crippen LogP contribution < -0.4 is 0 Å². The van der Waals surface area contributed by atoms with E-state index in [1.807, 2.05) is 0 Å². The molecular formula is C33H44O13. The molecule has 10 atom stereocenters. The molecule has 1 aromatic carbocycles. The summed E-state index contributed by atoms with van der Waals surface area (Å²) in [5, 5.41) is 60.7. The van der Waals surface area contributed by atoms with E-state index >= 15 is 0 Å². The van der Waals surface area contributed by atoms with Crippen LogP contribution in [0.4, 0.5) is 0 Å². The van der Waals surface area contributed by atoms with Crippen LogP contribution in [0.3, 0.4) is 0 Å². The van der Waals surface area contributed by atoms with Crippen molar-refractivity contribution in [1.82, 2.24) is 0 Å². The van der Waals surface area contributed by atoms with Gasteiger partial charge in [-0.3, -0.25) is 14.4 Å². The van der Waals surface area contributed by atoms with E-state index in [0.717, 1.165) is 20.8 Å². The van der Waals surface area contributed by atoms with E-state index in [1.54, 1.807) is 18.2 Å². The van der Waals surface area contributed by atoms with Crippen molar-refractivity contribution in [2.75, 3.05) is 6.61 Å². The highest BCUT2D eigenvalue weighted by atomic mass is 16.6. The van der Waals surface area contributed by atoms with Gasteiger partial charge in [-0.2, -0.15) is 0 Å². The maximum atomic E-state index is 13.7. The Hall–Kier alpha value is -3.36. The lowest BCUT2D eigenvalue weighted by Gasteiger charge is -2.60. The van der Waals surface area contributed by atoms with E-state index in [4.69, 9.17) is 18.9 Å². The molecule has 3 aliphatic rings. The van der Waals surface area contributed by atoms with Gasteiger partial charge in [0.1, 0.15) is 36.6 Å². The van der Waals surface area contributed by atoms with Gasteiger partial charge >= 0.3 is 23.9 Å². The number of esters is 4. The van der Waals surface area contributed by atoms with Crippen molar-refractivity contribution >= 4 is 23.9 Å². The topological polar surface area (TPSA) is 206 Å². The predicted molar refractivity (Wildman–Crippen MR) is 159 cm³/mol. The molecule has 0 unspecified atom stereocenters. The third-order valence-electron chi connectivity index (χ3n) is 10.3. The number of aliphatic hydroxyl groups excluding tert-OH is 3. The Morgan fingerprint density at radius 3 is 2.00 bits per heavy atom. The molecule has 0 heterocycles. The van der Waals surface area contributed by atoms with Crippen molar-refractivity contribution < 1.29 is 63.7 Å². The van der Waals surface area contributed by atoms with Gasteiger partial charge in [0.2, 0.25) is 0 Å². The second-order valence-electron chi connectivity index (χ2n) is 13.5. The molecule has 2 fully saturated rings. The standard InChI is InChI=1S/C33H44O13/c1-16-21(37)14-32(30(5,6)41)24(16)25(38)28(46-29(40)20-11-9-8-10-12-20)31(7)22(44-18(3)35)13-23(45-19(4)36)33(42,15-43-17(2)34)26(31)27(32)39/h8-12,21-23,25-28,37-39,41-42H,13-15H2,1-7H3/t21-,22-,23-,25+,26-,27-,28-,31+,32-,33-/m0/s1. The normalized spacial score (nSPS) is 37.3. The first-order chi connectivity index (χ1) is 21.2. The van der Waals surface area contributed by atoms with E-state index in [9.17, 15) is 44.7 Å². The van der Waals surface area contributed by atoms with Crippen molar-refractivity contribution in [3.05, 3.63) is 47.0 Å². The minimum absolute atomic E-state index is 0.0260. The summed E-state index contributed by atoms with van der Waals surface area (Å²) < 4.78 is 22.7. The largest absolute Gasteiger partial charge is 0.463 e. The first kappa shape index (κ1) is 35.5. The van der Waals surface area contributed by atoms with E-state index in [0.29, 0.717) is 0 Å². The summed E-state index contributed by atoms with van der Waals surface area (Å²) in [6.45, 7) is 8.11. The molecule has 0 aliphatic heterocycles. The second-order valence-corrected chi connectivity index (χ2v) is 13.5. The number of rotatable bonds is 7. The van der Waals surface area contributed by atoms with Gasteiger partial charge in [-0.15, -0.1) is 0 Å². The van der Waals surface area contributed by atoms with E-state index in [1.165, 1.54) is 39.8 Å². The highest BCUT2D eigenvalue weighted by molar-refractivity contribution is 5.89. The molecule has 0 bridgehead atoms. The molecule has 1 aromatic rings. The predicted octanol–water partition coefficient (Wildman–Crippen LogP) is 0.970. The molecule has 0 amide bonds. The third-order valence-corrected chi connectivity index (χ3v) is 10.3. The van der Waals surface area contributed by atoms with Gasteiger partial charge in [0.25, 0.3) is 0 Å². The van der Waals surface area contributed by atoms with Gasteiger partial charge in [-0.1, -0.05) is 25.1 Å². The Kier molecular flexibility index (Phi) is 9.52. The van der Waals surface area contributed by atoms with Crippen LogP contribution in [0.25, 0.3) is 0 Å². The zero-order chi connectivity index (χ0) is 34.6. The maximum absolute atomic E-state index is 13.7. The van der Waals surface area contributed by atoms with E-state index in [-0.39, 0.29) is 23.1 Å². The van der Waals surface area contributed by atoms with Crippen LogP contribution in [-0.2, 0) is 33.3 Å². The van der Waals surface area contributed by atoms with E-state index < -0.39 is 101 Å². The molecule has 0 saturated heterocycles. The van der Waals surface area contributed by atoms with Crippen LogP contribution in [-0.4, -0.2) is 104 Å². The molecule has 4 rings (SSSR count). The van der Waals surface area contributed by atoms with Crippen molar-refractivity contribution in [2.24, 2.45) is 16.7 Å². The smallest absolute Gasteiger partial charge is 0.338 e. The summed E-state index contributed by atoms with van der Waals surface area (Å²) >= 11 is 0. The fourth-order valence-corrected chi connectivity index (χ4v) is 8.23. The molecule has 0 aromatic heterocycles. The lowest BCUT2D eigenvalue weighted by molar-refractivity contribution is -0.291. The number of carbonyl (C=O) groups is 4. The van der Waals surface area contributed by atoms with E-state index in [2.05, 4.69) is 0 Å². The summed E-state index contributed by atoms with van der Waals surface area (Å²) in [5.74, 6) is -5.09. The van der Waals surface area contributed by atoms with Crippen LogP contribution in [0.1, 0.15) is 71.7 Å². The van der Waals surface area contributed by atoms with Crippen molar-refractivity contribution in [1.29, 1.82) is 0 Å². The van der Waals surface area contributed by atoms with Gasteiger partial charge in [0.15, 0.2) is 0 Å². The number of ether oxygens (including phenoxy) is 4. The highest BCUT2D eigenvalue weighted by Crippen LogP contribution is 2.65. The number of carbonyl (C=O) groups excluding carboxylic acids is 4. The lowest BCUT2D eigenvalue weighted by atomic mass is 9.51. The SMILES string of the molecule is CC(=O)OC[C@]1(O)[C@@H](OC(C)=O)C[C@H](OC(C)=O)[C@]2(C)[C@@H]1[C@H](O)[C@]1(C(C)(C)O)C[C@H](O)C(C)=C1[C@@H](O)[C@@H]2OC(=O)c1ccccc1. The molecule has 13 heteroatoms. The lowest BCUT2D eigenvalue weighted by Crippen LogP contribution is -2.74. The monoisotopic (exact) mass is 648 g/mol. The molecule has 46 heavy (non-hydrogen) atoms. The van der Waals surface area contributed by atoms with Crippen LogP contribution in [0, 0.1) is 16.7 Å². The Morgan fingerprint density at radius 2 is 1.48 bits per heavy atom. The molecule has 2 saturated carbocycles. The molecule has 0 spiro atoms. The van der Waals surface area contributed by atoms with Gasteiger partial charge in [-0.25, -0.2) is 4.79 Å². The quantitative estimate of drug-likeness (QED) is 0.159. The fraction of sp³-hybridized carbons (Fsp3) is 0.636. The molecule has 3 aliphatic carbocycles. The fourth-order valence-electron chi connectivity index (χ4n) is 8.23. The molecule has 254 valence electrons. The van der Waals surface area contributed by atoms with Gasteiger partial charge in [-0.05, 0) is 50.5 Å². The van der Waals surface area contributed by atoms with Crippen molar-refractivity contribution in [3.63, 3.8) is 0 Å². The summed E-state index contributed by atoms with van der Waals surface area (Å²) in [4.78, 5) is 50.7. The Morgan fingerprint density at radius 1 is 0.913 bits per heavy atom. The van der Waals surface area contributed by atoms with Crippen molar-refractivity contribution in [2.45, 2.75) is 109 Å². The molecule has 0 radical (unpaired) electrons. The van der Waals surface area contributed by atoms with Crippen LogP contribution in [0.5, 0.6) is 0 Å². The molecule has 5 N–H and O–H groups in total. The summed E-state index contributed by atoms with van der Waals surface area (Å²) in [7, 11) is 0. The van der Waals surface area contributed by atoms with Crippen LogP contribution >= 0.6 is 0 Å². The number of hydrogen-bond donors (Lipinski definition) is 5. The van der Waals surface area contributed by atoms with Gasteiger partial charge in [0, 0.05) is 33.1 Å². The molecule has 13 nitrogen and oxygen atoms in total. The first-order valence-corrected chi connectivity index (χ1v) is 15.2. The highest BCUT2D eigenvalue weighted by Gasteiger charge is 2.76. The molecular weight excluding hydrogens is 604 g/mol. The number of benzene rings is 1. The third kappa shape index (κ3) is 5.62. The van der Waals surface area contributed by atoms with Gasteiger partial charge in [0.05, 0.1) is 34.2 Å². The minimum atomic E-state index is -2.48. The summed E-state index contributed by atoms with van der Waals surface area (Å²) in [5.41, 5.74) is -7.97. The Balaban J connectivity index is 2.12. The minimum Gasteiger partial charge on any atom is -0.463 e. The summed E-state index contributed by atoms with van der Waals surface area (Å²) in [6.07, 6.45) is -10.5. The maximum Gasteiger partial charge on any atom is 0.338 e. The van der Waals surface area contributed by atoms with Crippen LogP contribution in [0.2, 0.25) is 0 Å². The Bertz CT molecular complexity index is 1400. The number of fused-ring (bicyclic) bond motifs is 2. The zero-order valence-electron chi connectivity index (χ0n) is 27.1. The zero-order valence-corrected chi connectivity index (χ0v) is 27.1. The average Bonchev–Trinajstić information content (AvgIpc) is 3.20. The van der Waals surface area contributed by atoms with Gasteiger partial charge < -0.3 is 44.5 Å². The number of aliphatic hydroxyl groups is 5. The van der Waals surface area contributed by atoms with Crippen molar-refractivity contribution in [3.8, 4) is 0 Å². The average molecular weight is 649 g/mol. The number of hydrogen-bond acceptors (Lipinski definition) is 13. The Labute approximate surface area is 267 Å². The first-order valence-electron chi connectivity index (χ1n) is 15.2. The second kappa shape index (κ2) is 12.3.